The summed E-state index contributed by atoms with van der Waals surface area (Å²) in [6.07, 6.45) is 2.55. The zero-order chi connectivity index (χ0) is 6.69. The van der Waals surface area contributed by atoms with E-state index < -0.39 is 0 Å². The fraction of sp³-hybridized carbons (Fsp3) is 1.00. The molecule has 1 fully saturated rings. The fourth-order valence-corrected chi connectivity index (χ4v) is 3.48. The number of halogens is 2. The Balaban J connectivity index is 0.000000810. The quantitative estimate of drug-likeness (QED) is 0.672. The van der Waals surface area contributed by atoms with E-state index in [1.54, 1.807) is 0 Å². The molecule has 0 saturated carbocycles. The van der Waals surface area contributed by atoms with Crippen molar-refractivity contribution in [3.8, 4) is 0 Å². The number of rotatable bonds is 1. The number of ether oxygens (including phenoxy) is 1. The largest absolute Gasteiger partial charge is 0.508 e. The van der Waals surface area contributed by atoms with E-state index in [4.69, 9.17) is 4.74 Å². The SMILES string of the molecule is Br.CC1CCO[CH]([Mg][Br])C1. The molecule has 1 nitrogen and oxygen atoms in total. The molecule has 0 amide bonds. The molecule has 1 aliphatic rings. The molecule has 1 aliphatic heterocycles. The second-order valence-corrected chi connectivity index (χ2v) is 5.94. The first-order chi connectivity index (χ1) is 4.33. The minimum Gasteiger partial charge on any atom is -0.404 e. The summed E-state index contributed by atoms with van der Waals surface area (Å²) in [7, 11) is 0. The maximum Gasteiger partial charge on any atom is 0.508 e. The van der Waals surface area contributed by atoms with Gasteiger partial charge in [0.1, 0.15) is 0 Å². The van der Waals surface area contributed by atoms with Crippen LogP contribution in [0.25, 0.3) is 0 Å². The molecule has 0 spiro atoms. The van der Waals surface area contributed by atoms with E-state index in [1.807, 2.05) is 0 Å². The van der Waals surface area contributed by atoms with Crippen LogP contribution in [0.5, 0.6) is 0 Å². The lowest BCUT2D eigenvalue weighted by Crippen LogP contribution is -2.26. The molecule has 0 aliphatic carbocycles. The van der Waals surface area contributed by atoms with E-state index in [0.29, 0.717) is 4.23 Å². The van der Waals surface area contributed by atoms with Gasteiger partial charge in [0.25, 0.3) is 0 Å². The van der Waals surface area contributed by atoms with Crippen LogP contribution in [-0.4, -0.2) is 29.0 Å². The van der Waals surface area contributed by atoms with Gasteiger partial charge in [-0.05, 0) is 23.0 Å². The molecule has 58 valence electrons. The summed E-state index contributed by atoms with van der Waals surface area (Å²) >= 11 is 3.48. The van der Waals surface area contributed by atoms with Crippen LogP contribution in [0.2, 0.25) is 0 Å². The van der Waals surface area contributed by atoms with Crippen LogP contribution in [0.1, 0.15) is 19.8 Å². The van der Waals surface area contributed by atoms with Gasteiger partial charge in [-0.25, -0.2) is 0 Å². The van der Waals surface area contributed by atoms with Crippen molar-refractivity contribution in [2.24, 2.45) is 5.92 Å². The van der Waals surface area contributed by atoms with Gasteiger partial charge in [-0.15, -0.1) is 17.0 Å². The van der Waals surface area contributed by atoms with Crippen LogP contribution in [0, 0.1) is 5.92 Å². The Morgan fingerprint density at radius 1 is 1.60 bits per heavy atom. The minimum absolute atomic E-state index is 0. The van der Waals surface area contributed by atoms with E-state index in [9.17, 15) is 0 Å². The molecule has 0 aromatic heterocycles. The van der Waals surface area contributed by atoms with Gasteiger partial charge >= 0.3 is 18.2 Å². The first-order valence-electron chi connectivity index (χ1n) is 3.50. The molecule has 0 aromatic rings. The molecule has 1 rings (SSSR count). The summed E-state index contributed by atoms with van der Waals surface area (Å²) in [5, 5.41) is 0. The van der Waals surface area contributed by atoms with E-state index in [-0.39, 0.29) is 35.2 Å². The van der Waals surface area contributed by atoms with Crippen LogP contribution < -0.4 is 0 Å². The van der Waals surface area contributed by atoms with Crippen LogP contribution in [0.15, 0.2) is 0 Å². The Labute approximate surface area is 88.6 Å². The Kier molecular flexibility index (Phi) is 7.28. The van der Waals surface area contributed by atoms with Crippen molar-refractivity contribution in [1.82, 2.24) is 0 Å². The highest BCUT2D eigenvalue weighted by molar-refractivity contribution is 9.23. The third-order valence-corrected chi connectivity index (χ3v) is 4.88. The van der Waals surface area contributed by atoms with E-state index in [2.05, 4.69) is 19.8 Å². The third kappa shape index (κ3) is 3.90. The minimum atomic E-state index is -0.0733. The van der Waals surface area contributed by atoms with Gasteiger partial charge < -0.3 is 17.6 Å². The van der Waals surface area contributed by atoms with Crippen LogP contribution in [-0.2, 0) is 4.74 Å². The molecule has 1 heterocycles. The predicted octanol–water partition coefficient (Wildman–Crippen LogP) is 2.35. The molecular formula is C6H12Br2MgO. The molecule has 4 heteroatoms. The van der Waals surface area contributed by atoms with Crippen molar-refractivity contribution < 1.29 is 4.74 Å². The topological polar surface area (TPSA) is 9.23 Å². The highest BCUT2D eigenvalue weighted by atomic mass is 79.9. The fourth-order valence-electron chi connectivity index (χ4n) is 1.18. The van der Waals surface area contributed by atoms with Crippen LogP contribution in [0.4, 0.5) is 0 Å². The summed E-state index contributed by atoms with van der Waals surface area (Å²) in [5.41, 5.74) is 0. The standard InChI is InChI=1S/C6H11O.2BrH.Mg/c1-6-2-4-7-5-3-6;;;/h4,6H,2-3,5H2,1H3;2*1H;/q;;;+1/p-1. The van der Waals surface area contributed by atoms with Gasteiger partial charge in [0.2, 0.25) is 0 Å². The summed E-state index contributed by atoms with van der Waals surface area (Å²) in [6.45, 7) is 3.30. The molecule has 1 saturated heterocycles. The second kappa shape index (κ2) is 6.23. The van der Waals surface area contributed by atoms with E-state index in [0.717, 1.165) is 12.5 Å². The van der Waals surface area contributed by atoms with Crippen molar-refractivity contribution in [2.45, 2.75) is 24.0 Å². The Morgan fingerprint density at radius 3 is 2.70 bits per heavy atom. The van der Waals surface area contributed by atoms with Crippen molar-refractivity contribution in [1.29, 1.82) is 0 Å². The van der Waals surface area contributed by atoms with E-state index in [1.165, 1.54) is 12.8 Å². The third-order valence-electron chi connectivity index (χ3n) is 1.80. The highest BCUT2D eigenvalue weighted by Gasteiger charge is 2.19. The summed E-state index contributed by atoms with van der Waals surface area (Å²) in [6, 6.07) is 0. The molecule has 2 atom stereocenters. The molecule has 0 aromatic carbocycles. The van der Waals surface area contributed by atoms with Crippen molar-refractivity contribution >= 4 is 48.1 Å². The first-order valence-corrected chi connectivity index (χ1v) is 8.22. The maximum atomic E-state index is 5.51. The maximum absolute atomic E-state index is 5.51. The normalized spacial score (nSPS) is 32.2. The molecule has 2 unspecified atom stereocenters. The lowest BCUT2D eigenvalue weighted by atomic mass is 10.0. The van der Waals surface area contributed by atoms with Crippen LogP contribution >= 0.6 is 29.9 Å². The van der Waals surface area contributed by atoms with Crippen molar-refractivity contribution in [3.63, 3.8) is 0 Å². The summed E-state index contributed by atoms with van der Waals surface area (Å²) in [4.78, 5) is 0. The lowest BCUT2D eigenvalue weighted by molar-refractivity contribution is 0.0431. The van der Waals surface area contributed by atoms with Gasteiger partial charge in [-0.3, -0.25) is 0 Å². The van der Waals surface area contributed by atoms with Gasteiger partial charge in [0.15, 0.2) is 0 Å². The molecule has 0 bridgehead atoms. The highest BCUT2D eigenvalue weighted by Crippen LogP contribution is 2.19. The second-order valence-electron chi connectivity index (χ2n) is 2.78. The van der Waals surface area contributed by atoms with Gasteiger partial charge in [0, 0.05) is 6.61 Å². The van der Waals surface area contributed by atoms with Crippen molar-refractivity contribution in [3.05, 3.63) is 0 Å². The van der Waals surface area contributed by atoms with Crippen molar-refractivity contribution in [2.75, 3.05) is 6.61 Å². The summed E-state index contributed by atoms with van der Waals surface area (Å²) < 4.78 is 6.13. The molecule has 0 radical (unpaired) electrons. The van der Waals surface area contributed by atoms with Gasteiger partial charge in [-0.1, -0.05) is 6.92 Å². The Morgan fingerprint density at radius 2 is 2.30 bits per heavy atom. The van der Waals surface area contributed by atoms with Crippen LogP contribution in [0.3, 0.4) is 0 Å². The monoisotopic (exact) mass is 282 g/mol. The molecular weight excluding hydrogens is 272 g/mol. The predicted molar refractivity (Wildman–Crippen MR) is 53.1 cm³/mol. The average molecular weight is 284 g/mol. The number of hydrogen-bond acceptors (Lipinski definition) is 1. The Bertz CT molecular complexity index is 91.8. The smallest absolute Gasteiger partial charge is 0.404 e. The first kappa shape index (κ1) is 11.7. The van der Waals surface area contributed by atoms with Gasteiger partial charge in [0.05, 0.1) is 0 Å². The summed E-state index contributed by atoms with van der Waals surface area (Å²) in [5.74, 6) is 0.897. The zero-order valence-corrected chi connectivity index (χ0v) is 10.9. The molecule has 0 N–H and O–H groups in total. The lowest BCUT2D eigenvalue weighted by Gasteiger charge is -2.26. The van der Waals surface area contributed by atoms with E-state index >= 15 is 0 Å². The van der Waals surface area contributed by atoms with Gasteiger partial charge in [-0.2, -0.15) is 0 Å². The molecule has 10 heavy (non-hydrogen) atoms. The average Bonchev–Trinajstić information content (AvgIpc) is 1.88. The zero-order valence-electron chi connectivity index (χ0n) is 6.18. The Hall–Kier alpha value is 1.69. The number of hydrogen-bond donors (Lipinski definition) is 0.